The average Bonchev–Trinajstić information content (AvgIpc) is 2.96. The molecule has 0 heterocycles. The summed E-state index contributed by atoms with van der Waals surface area (Å²) in [5.74, 6) is 1.24. The summed E-state index contributed by atoms with van der Waals surface area (Å²) < 4.78 is 11.1. The molecule has 0 aromatic heterocycles. The summed E-state index contributed by atoms with van der Waals surface area (Å²) in [6.45, 7) is 5.79. The van der Waals surface area contributed by atoms with Crippen LogP contribution in [0.4, 0.5) is 0 Å². The number of hydrogen-bond acceptors (Lipinski definition) is 4. The number of Topliss-reactive ketones (excluding diaryl/α,β-unsaturated/α-hetero) is 1. The van der Waals surface area contributed by atoms with Crippen LogP contribution in [-0.4, -0.2) is 25.4 Å². The SMILES string of the molecule is COc1ccccc1[C@H](C)NC(=O)COc1ccc(C)c2c1C(=O)C[C@H]2C. The van der Waals surface area contributed by atoms with Crippen LogP contribution in [0, 0.1) is 6.92 Å². The minimum Gasteiger partial charge on any atom is -0.496 e. The van der Waals surface area contributed by atoms with E-state index in [9.17, 15) is 9.59 Å². The van der Waals surface area contributed by atoms with Crippen molar-refractivity contribution >= 4 is 11.7 Å². The number of benzene rings is 2. The molecule has 2 atom stereocenters. The summed E-state index contributed by atoms with van der Waals surface area (Å²) in [5.41, 5.74) is 3.66. The molecule has 0 saturated carbocycles. The number of fused-ring (bicyclic) bond motifs is 1. The number of para-hydroxylation sites is 1. The Morgan fingerprint density at radius 1 is 1.22 bits per heavy atom. The fourth-order valence-electron chi connectivity index (χ4n) is 3.76. The van der Waals surface area contributed by atoms with Gasteiger partial charge < -0.3 is 14.8 Å². The minimum absolute atomic E-state index is 0.0824. The van der Waals surface area contributed by atoms with E-state index in [2.05, 4.69) is 5.32 Å². The molecule has 1 N–H and O–H groups in total. The van der Waals surface area contributed by atoms with E-state index in [0.717, 1.165) is 22.4 Å². The van der Waals surface area contributed by atoms with Gasteiger partial charge in [-0.3, -0.25) is 9.59 Å². The molecule has 5 heteroatoms. The highest BCUT2D eigenvalue weighted by molar-refractivity contribution is 6.04. The Balaban J connectivity index is 1.68. The maximum absolute atomic E-state index is 12.4. The maximum atomic E-state index is 12.4. The Morgan fingerprint density at radius 2 is 1.96 bits per heavy atom. The van der Waals surface area contributed by atoms with Gasteiger partial charge in [0.25, 0.3) is 5.91 Å². The van der Waals surface area contributed by atoms with E-state index in [1.807, 2.05) is 51.1 Å². The third kappa shape index (κ3) is 3.82. The number of amides is 1. The Bertz CT molecular complexity index is 875. The highest BCUT2D eigenvalue weighted by atomic mass is 16.5. The molecule has 0 unspecified atom stereocenters. The third-order valence-electron chi connectivity index (χ3n) is 5.03. The van der Waals surface area contributed by atoms with Gasteiger partial charge in [-0.05, 0) is 43.0 Å². The first kappa shape index (κ1) is 19.0. The second-order valence-corrected chi connectivity index (χ2v) is 7.02. The zero-order chi connectivity index (χ0) is 19.6. The van der Waals surface area contributed by atoms with Crippen molar-refractivity contribution in [1.82, 2.24) is 5.32 Å². The molecule has 142 valence electrons. The first-order chi connectivity index (χ1) is 12.9. The molecule has 0 radical (unpaired) electrons. The normalized spacial score (nSPS) is 16.6. The number of ketones is 1. The van der Waals surface area contributed by atoms with E-state index in [0.29, 0.717) is 17.7 Å². The number of aryl methyl sites for hydroxylation is 1. The molecule has 0 spiro atoms. The van der Waals surface area contributed by atoms with Gasteiger partial charge in [-0.15, -0.1) is 0 Å². The Labute approximate surface area is 159 Å². The lowest BCUT2D eigenvalue weighted by Gasteiger charge is -2.18. The van der Waals surface area contributed by atoms with Gasteiger partial charge >= 0.3 is 0 Å². The molecule has 27 heavy (non-hydrogen) atoms. The lowest BCUT2D eigenvalue weighted by atomic mass is 9.97. The topological polar surface area (TPSA) is 64.6 Å². The molecule has 1 aliphatic carbocycles. The van der Waals surface area contributed by atoms with Crippen molar-refractivity contribution in [3.8, 4) is 11.5 Å². The maximum Gasteiger partial charge on any atom is 0.258 e. The summed E-state index contributed by atoms with van der Waals surface area (Å²) >= 11 is 0. The lowest BCUT2D eigenvalue weighted by Crippen LogP contribution is -2.31. The summed E-state index contributed by atoms with van der Waals surface area (Å²) in [5, 5.41) is 2.91. The van der Waals surface area contributed by atoms with Gasteiger partial charge in [-0.2, -0.15) is 0 Å². The fourth-order valence-corrected chi connectivity index (χ4v) is 3.76. The summed E-state index contributed by atoms with van der Waals surface area (Å²) in [6, 6.07) is 11.1. The van der Waals surface area contributed by atoms with Gasteiger partial charge in [0.05, 0.1) is 18.7 Å². The van der Waals surface area contributed by atoms with Crippen LogP contribution >= 0.6 is 0 Å². The number of ether oxygens (including phenoxy) is 2. The Kier molecular flexibility index (Phi) is 5.49. The second kappa shape index (κ2) is 7.82. The van der Waals surface area contributed by atoms with Crippen molar-refractivity contribution in [3.05, 3.63) is 58.7 Å². The van der Waals surface area contributed by atoms with Gasteiger partial charge in [0.2, 0.25) is 0 Å². The van der Waals surface area contributed by atoms with E-state index < -0.39 is 0 Å². The van der Waals surface area contributed by atoms with Crippen molar-refractivity contribution in [2.24, 2.45) is 0 Å². The lowest BCUT2D eigenvalue weighted by molar-refractivity contribution is -0.123. The molecule has 5 nitrogen and oxygen atoms in total. The summed E-state index contributed by atoms with van der Waals surface area (Å²) in [4.78, 5) is 24.7. The molecule has 0 fully saturated rings. The number of rotatable bonds is 6. The van der Waals surface area contributed by atoms with Crippen LogP contribution in [0.15, 0.2) is 36.4 Å². The molecule has 1 amide bonds. The monoisotopic (exact) mass is 367 g/mol. The van der Waals surface area contributed by atoms with Crippen molar-refractivity contribution in [1.29, 1.82) is 0 Å². The van der Waals surface area contributed by atoms with Gasteiger partial charge in [0.1, 0.15) is 11.5 Å². The zero-order valence-electron chi connectivity index (χ0n) is 16.2. The van der Waals surface area contributed by atoms with E-state index in [1.165, 1.54) is 0 Å². The smallest absolute Gasteiger partial charge is 0.258 e. The molecule has 0 aliphatic heterocycles. The fraction of sp³-hybridized carbons (Fsp3) is 0.364. The quantitative estimate of drug-likeness (QED) is 0.840. The van der Waals surface area contributed by atoms with Crippen LogP contribution in [0.25, 0.3) is 0 Å². The Hall–Kier alpha value is -2.82. The van der Waals surface area contributed by atoms with Crippen LogP contribution in [0.5, 0.6) is 11.5 Å². The number of hydrogen-bond donors (Lipinski definition) is 1. The van der Waals surface area contributed by atoms with E-state index in [-0.39, 0.29) is 30.3 Å². The van der Waals surface area contributed by atoms with Gasteiger partial charge in [0, 0.05) is 12.0 Å². The highest BCUT2D eigenvalue weighted by Crippen LogP contribution is 2.40. The summed E-state index contributed by atoms with van der Waals surface area (Å²) in [6.07, 6.45) is 0.494. The largest absolute Gasteiger partial charge is 0.496 e. The van der Waals surface area contributed by atoms with Gasteiger partial charge in [-0.25, -0.2) is 0 Å². The van der Waals surface area contributed by atoms with Crippen molar-refractivity contribution in [2.75, 3.05) is 13.7 Å². The predicted octanol–water partition coefficient (Wildman–Crippen LogP) is 3.95. The zero-order valence-corrected chi connectivity index (χ0v) is 16.2. The molecule has 0 bridgehead atoms. The number of carbonyl (C=O) groups is 2. The molecule has 3 rings (SSSR count). The van der Waals surface area contributed by atoms with Crippen molar-refractivity contribution in [3.63, 3.8) is 0 Å². The van der Waals surface area contributed by atoms with Gasteiger partial charge in [-0.1, -0.05) is 31.2 Å². The van der Waals surface area contributed by atoms with Crippen molar-refractivity contribution in [2.45, 2.75) is 39.2 Å². The van der Waals surface area contributed by atoms with E-state index >= 15 is 0 Å². The molecule has 1 aliphatic rings. The van der Waals surface area contributed by atoms with Gasteiger partial charge in [0.15, 0.2) is 12.4 Å². The van der Waals surface area contributed by atoms with Crippen LogP contribution < -0.4 is 14.8 Å². The van der Waals surface area contributed by atoms with Crippen molar-refractivity contribution < 1.29 is 19.1 Å². The molecule has 0 saturated heterocycles. The summed E-state index contributed by atoms with van der Waals surface area (Å²) in [7, 11) is 1.60. The molecular weight excluding hydrogens is 342 g/mol. The average molecular weight is 367 g/mol. The van der Waals surface area contributed by atoms with Crippen LogP contribution in [0.3, 0.4) is 0 Å². The number of nitrogens with one attached hydrogen (secondary N) is 1. The molecule has 2 aromatic rings. The van der Waals surface area contributed by atoms with Crippen LogP contribution in [0.2, 0.25) is 0 Å². The van der Waals surface area contributed by atoms with Crippen LogP contribution in [-0.2, 0) is 4.79 Å². The molecular formula is C22H25NO4. The van der Waals surface area contributed by atoms with E-state index in [4.69, 9.17) is 9.47 Å². The Morgan fingerprint density at radius 3 is 2.70 bits per heavy atom. The first-order valence-corrected chi connectivity index (χ1v) is 9.14. The predicted molar refractivity (Wildman–Crippen MR) is 104 cm³/mol. The second-order valence-electron chi connectivity index (χ2n) is 7.02. The number of carbonyl (C=O) groups excluding carboxylic acids is 2. The third-order valence-corrected chi connectivity index (χ3v) is 5.03. The standard InChI is InChI=1S/C22H25NO4/c1-13-9-10-19(22-17(24)11-14(2)21(13)22)27-12-20(25)23-15(3)16-7-5-6-8-18(16)26-4/h5-10,14-15H,11-12H2,1-4H3,(H,23,25)/t14-,15+/m1/s1. The highest BCUT2D eigenvalue weighted by Gasteiger charge is 2.31. The first-order valence-electron chi connectivity index (χ1n) is 9.14. The number of methoxy groups -OCH3 is 1. The van der Waals surface area contributed by atoms with Crippen LogP contribution in [0.1, 0.15) is 59.3 Å². The minimum atomic E-state index is -0.249. The molecule has 2 aromatic carbocycles. The van der Waals surface area contributed by atoms with E-state index in [1.54, 1.807) is 13.2 Å².